The van der Waals surface area contributed by atoms with Crippen LogP contribution < -0.4 is 5.32 Å². The van der Waals surface area contributed by atoms with Gasteiger partial charge in [-0.2, -0.15) is 0 Å². The lowest BCUT2D eigenvalue weighted by atomic mass is 10.0. The molecule has 0 bridgehead atoms. The van der Waals surface area contributed by atoms with Crippen LogP contribution >= 0.6 is 11.3 Å². The van der Waals surface area contributed by atoms with Gasteiger partial charge in [-0.05, 0) is 24.5 Å². The molecule has 0 aliphatic heterocycles. The van der Waals surface area contributed by atoms with Gasteiger partial charge in [-0.1, -0.05) is 25.7 Å². The quantitative estimate of drug-likeness (QED) is 0.650. The van der Waals surface area contributed by atoms with Crippen LogP contribution in [0.4, 0.5) is 0 Å². The lowest BCUT2D eigenvalue weighted by molar-refractivity contribution is -0.144. The average molecular weight is 309 g/mol. The second-order valence-electron chi connectivity index (χ2n) is 4.80. The Balaban J connectivity index is 2.91. The summed E-state index contributed by atoms with van der Waals surface area (Å²) in [6.07, 6.45) is 0. The molecular formula is C15H19NO4S. The third kappa shape index (κ3) is 4.59. The Hall–Kier alpha value is -1.84. The number of aliphatic hydroxyl groups excluding tert-OH is 1. The van der Waals surface area contributed by atoms with E-state index in [0.717, 1.165) is 10.4 Å². The number of esters is 1. The number of aryl methyl sites for hydroxylation is 1. The summed E-state index contributed by atoms with van der Waals surface area (Å²) >= 11 is 1.23. The van der Waals surface area contributed by atoms with Crippen molar-refractivity contribution in [3.63, 3.8) is 0 Å². The van der Waals surface area contributed by atoms with E-state index in [9.17, 15) is 9.59 Å². The molecule has 21 heavy (non-hydrogen) atoms. The Morgan fingerprint density at radius 1 is 1.48 bits per heavy atom. The van der Waals surface area contributed by atoms with Gasteiger partial charge < -0.3 is 15.2 Å². The molecule has 114 valence electrons. The predicted molar refractivity (Wildman–Crippen MR) is 81.1 cm³/mol. The molecule has 0 aromatic carbocycles. The summed E-state index contributed by atoms with van der Waals surface area (Å²) < 4.78 is 4.69. The van der Waals surface area contributed by atoms with Crippen LogP contribution in [-0.2, 0) is 9.53 Å². The molecule has 1 atom stereocenters. The number of rotatable bonds is 4. The SMILES string of the molecule is COC(=O)C(NC(=O)c1cc(C)c(C#CCO)s1)C(C)C. The standard InChI is InChI=1S/C15H19NO4S/c1-9(2)13(15(19)20-4)16-14(18)12-8-10(3)11(21-12)6-5-7-17/h8-9,13,17H,7H2,1-4H3,(H,16,18). The highest BCUT2D eigenvalue weighted by Gasteiger charge is 2.26. The minimum atomic E-state index is -0.683. The van der Waals surface area contributed by atoms with Gasteiger partial charge in [0.25, 0.3) is 5.91 Å². The zero-order valence-corrected chi connectivity index (χ0v) is 13.3. The first-order valence-electron chi connectivity index (χ1n) is 6.49. The molecule has 1 heterocycles. The molecule has 0 radical (unpaired) electrons. The van der Waals surface area contributed by atoms with E-state index in [1.54, 1.807) is 6.07 Å². The third-order valence-electron chi connectivity index (χ3n) is 2.83. The molecule has 2 N–H and O–H groups in total. The van der Waals surface area contributed by atoms with Crippen molar-refractivity contribution in [1.82, 2.24) is 5.32 Å². The summed E-state index contributed by atoms with van der Waals surface area (Å²) in [5, 5.41) is 11.4. The van der Waals surface area contributed by atoms with Crippen LogP contribution in [-0.4, -0.2) is 36.7 Å². The van der Waals surface area contributed by atoms with Crippen molar-refractivity contribution in [3.8, 4) is 11.8 Å². The monoisotopic (exact) mass is 309 g/mol. The summed E-state index contributed by atoms with van der Waals surface area (Å²) in [6, 6.07) is 1.03. The predicted octanol–water partition coefficient (Wildman–Crippen LogP) is 1.33. The maximum Gasteiger partial charge on any atom is 0.328 e. The summed E-state index contributed by atoms with van der Waals surface area (Å²) in [5.41, 5.74) is 0.866. The fraction of sp³-hybridized carbons (Fsp3) is 0.467. The largest absolute Gasteiger partial charge is 0.467 e. The molecular weight excluding hydrogens is 290 g/mol. The Labute approximate surface area is 128 Å². The number of ether oxygens (including phenoxy) is 1. The zero-order chi connectivity index (χ0) is 16.0. The summed E-state index contributed by atoms with van der Waals surface area (Å²) in [7, 11) is 1.29. The smallest absolute Gasteiger partial charge is 0.328 e. The first-order valence-corrected chi connectivity index (χ1v) is 7.31. The number of amides is 1. The van der Waals surface area contributed by atoms with Crippen molar-refractivity contribution in [1.29, 1.82) is 0 Å². The Morgan fingerprint density at radius 3 is 2.67 bits per heavy atom. The topological polar surface area (TPSA) is 75.6 Å². The number of thiophene rings is 1. The molecule has 0 aliphatic rings. The first kappa shape index (κ1) is 17.2. The van der Waals surface area contributed by atoms with E-state index < -0.39 is 12.0 Å². The second-order valence-corrected chi connectivity index (χ2v) is 5.85. The van der Waals surface area contributed by atoms with Crippen LogP contribution in [0.25, 0.3) is 0 Å². The lowest BCUT2D eigenvalue weighted by Gasteiger charge is -2.19. The lowest BCUT2D eigenvalue weighted by Crippen LogP contribution is -2.44. The normalized spacial score (nSPS) is 11.5. The maximum absolute atomic E-state index is 12.2. The number of methoxy groups -OCH3 is 1. The fourth-order valence-electron chi connectivity index (χ4n) is 1.67. The van der Waals surface area contributed by atoms with Gasteiger partial charge in [0.15, 0.2) is 0 Å². The third-order valence-corrected chi connectivity index (χ3v) is 3.98. The first-order chi connectivity index (χ1) is 9.90. The maximum atomic E-state index is 12.2. The van der Waals surface area contributed by atoms with E-state index in [1.165, 1.54) is 18.4 Å². The summed E-state index contributed by atoms with van der Waals surface area (Å²) in [4.78, 5) is 25.1. The van der Waals surface area contributed by atoms with Crippen LogP contribution in [0.2, 0.25) is 0 Å². The molecule has 0 saturated heterocycles. The van der Waals surface area contributed by atoms with Gasteiger partial charge in [-0.3, -0.25) is 4.79 Å². The van der Waals surface area contributed by atoms with Gasteiger partial charge in [0, 0.05) is 0 Å². The number of carbonyl (C=O) groups excluding carboxylic acids is 2. The highest BCUT2D eigenvalue weighted by atomic mass is 32.1. The van der Waals surface area contributed by atoms with Crippen LogP contribution in [0.15, 0.2) is 6.07 Å². The van der Waals surface area contributed by atoms with Crippen LogP contribution in [0.5, 0.6) is 0 Å². The molecule has 0 saturated carbocycles. The Bertz CT molecular complexity index is 580. The molecule has 1 rings (SSSR count). The van der Waals surface area contributed by atoms with Gasteiger partial charge in [-0.25, -0.2) is 4.79 Å². The van der Waals surface area contributed by atoms with E-state index in [0.29, 0.717) is 4.88 Å². The van der Waals surface area contributed by atoms with Gasteiger partial charge in [0.05, 0.1) is 16.9 Å². The molecule has 0 aliphatic carbocycles. The molecule has 1 unspecified atom stereocenters. The van der Waals surface area contributed by atoms with Crippen LogP contribution in [0, 0.1) is 24.7 Å². The van der Waals surface area contributed by atoms with Crippen molar-refractivity contribution >= 4 is 23.2 Å². The zero-order valence-electron chi connectivity index (χ0n) is 12.5. The molecule has 1 amide bonds. The van der Waals surface area contributed by atoms with Gasteiger partial charge >= 0.3 is 5.97 Å². The van der Waals surface area contributed by atoms with Crippen molar-refractivity contribution < 1.29 is 19.4 Å². The molecule has 1 aromatic rings. The number of hydrogen-bond donors (Lipinski definition) is 2. The minimum absolute atomic E-state index is 0.0730. The molecule has 0 spiro atoms. The van der Waals surface area contributed by atoms with E-state index in [-0.39, 0.29) is 18.4 Å². The second kappa shape index (κ2) is 7.81. The molecule has 0 fully saturated rings. The fourth-order valence-corrected chi connectivity index (χ4v) is 2.63. The van der Waals surface area contributed by atoms with Gasteiger partial charge in [-0.15, -0.1) is 11.3 Å². The van der Waals surface area contributed by atoms with Crippen molar-refractivity contribution in [2.75, 3.05) is 13.7 Å². The van der Waals surface area contributed by atoms with E-state index >= 15 is 0 Å². The highest BCUT2D eigenvalue weighted by molar-refractivity contribution is 7.14. The molecule has 6 heteroatoms. The van der Waals surface area contributed by atoms with Crippen molar-refractivity contribution in [2.45, 2.75) is 26.8 Å². The number of aliphatic hydroxyl groups is 1. The average Bonchev–Trinajstić information content (AvgIpc) is 2.82. The summed E-state index contributed by atoms with van der Waals surface area (Å²) in [5.74, 6) is 4.48. The Morgan fingerprint density at radius 2 is 2.14 bits per heavy atom. The van der Waals surface area contributed by atoms with E-state index in [1.807, 2.05) is 20.8 Å². The van der Waals surface area contributed by atoms with Crippen LogP contribution in [0.3, 0.4) is 0 Å². The van der Waals surface area contributed by atoms with E-state index in [2.05, 4.69) is 17.2 Å². The van der Waals surface area contributed by atoms with Crippen LogP contribution in [0.1, 0.15) is 34.0 Å². The molecule has 5 nitrogen and oxygen atoms in total. The highest BCUT2D eigenvalue weighted by Crippen LogP contribution is 2.21. The number of carbonyl (C=O) groups is 2. The van der Waals surface area contributed by atoms with Gasteiger partial charge in [0.2, 0.25) is 0 Å². The number of hydrogen-bond acceptors (Lipinski definition) is 5. The van der Waals surface area contributed by atoms with Crippen molar-refractivity contribution in [2.24, 2.45) is 5.92 Å². The minimum Gasteiger partial charge on any atom is -0.467 e. The number of nitrogens with one attached hydrogen (secondary N) is 1. The Kier molecular flexibility index (Phi) is 6.40. The van der Waals surface area contributed by atoms with Gasteiger partial charge in [0.1, 0.15) is 12.6 Å². The van der Waals surface area contributed by atoms with E-state index in [4.69, 9.17) is 9.84 Å². The molecule has 1 aromatic heterocycles. The summed E-state index contributed by atoms with van der Waals surface area (Å²) in [6.45, 7) is 5.28. The van der Waals surface area contributed by atoms with Crippen molar-refractivity contribution in [3.05, 3.63) is 21.4 Å².